The number of carbonyl (C=O) groups is 1. The number of hydrogen-bond acceptors (Lipinski definition) is 3. The lowest BCUT2D eigenvalue weighted by Crippen LogP contribution is -2.18. The highest BCUT2D eigenvalue weighted by molar-refractivity contribution is 6.35. The molecule has 1 atom stereocenters. The fourth-order valence-corrected chi connectivity index (χ4v) is 2.41. The van der Waals surface area contributed by atoms with Gasteiger partial charge in [-0.25, -0.2) is 18.6 Å². The highest BCUT2D eigenvalue weighted by Crippen LogP contribution is 2.42. The van der Waals surface area contributed by atoms with Crippen molar-refractivity contribution in [1.82, 2.24) is 4.98 Å². The number of nitrogens with two attached hydrogens (primary N) is 1. The first-order valence-corrected chi connectivity index (χ1v) is 7.09. The largest absolute Gasteiger partial charge is 0.476 e. The highest BCUT2D eigenvalue weighted by Gasteiger charge is 2.44. The molecular weight excluding hydrogens is 394 g/mol. The fraction of sp³-hybridized carbons (Fsp3) is 0.143. The van der Waals surface area contributed by atoms with Crippen molar-refractivity contribution in [3.8, 4) is 11.3 Å². The first-order chi connectivity index (χ1) is 11.4. The second-order valence-electron chi connectivity index (χ2n) is 4.79. The number of aromatic carboxylic acids is 1. The molecule has 25 heavy (non-hydrogen) atoms. The van der Waals surface area contributed by atoms with E-state index in [0.29, 0.717) is 0 Å². The number of hydrogen-bond donors (Lipinski definition) is 2. The van der Waals surface area contributed by atoms with E-state index in [2.05, 4.69) is 4.98 Å². The molecule has 0 saturated carbocycles. The molecule has 0 aliphatic heterocycles. The van der Waals surface area contributed by atoms with Gasteiger partial charge in [0.05, 0.1) is 27.0 Å². The Morgan fingerprint density at radius 2 is 1.88 bits per heavy atom. The smallest absolute Gasteiger partial charge is 0.424 e. The third-order valence-electron chi connectivity index (χ3n) is 3.13. The van der Waals surface area contributed by atoms with Crippen LogP contribution < -0.4 is 5.73 Å². The molecule has 0 saturated heterocycles. The van der Waals surface area contributed by atoms with E-state index in [-0.39, 0.29) is 5.69 Å². The number of alkyl halides is 4. The predicted octanol–water partition coefficient (Wildman–Crippen LogP) is 5.05. The van der Waals surface area contributed by atoms with Gasteiger partial charge in [0.1, 0.15) is 5.82 Å². The second-order valence-corrected chi connectivity index (χ2v) is 5.58. The summed E-state index contributed by atoms with van der Waals surface area (Å²) in [4.78, 5) is 14.6. The van der Waals surface area contributed by atoms with E-state index in [1.54, 1.807) is 0 Å². The van der Waals surface area contributed by atoms with Crippen LogP contribution in [0.5, 0.6) is 0 Å². The molecule has 1 heterocycles. The average Bonchev–Trinajstić information content (AvgIpc) is 2.48. The molecule has 1 aromatic carbocycles. The molecule has 0 amide bonds. The molecule has 0 aliphatic rings. The van der Waals surface area contributed by atoms with Gasteiger partial charge in [0.15, 0.2) is 5.69 Å². The number of aromatic nitrogens is 1. The van der Waals surface area contributed by atoms with Gasteiger partial charge < -0.3 is 10.8 Å². The SMILES string of the molecule is Nc1cc(-c2ccc(Cl)c(C(F)C(F)(F)F)c2F)nc(C(=O)O)c1Cl. The monoisotopic (exact) mass is 400 g/mol. The van der Waals surface area contributed by atoms with Crippen molar-refractivity contribution in [1.29, 1.82) is 0 Å². The molecule has 0 bridgehead atoms. The molecule has 0 radical (unpaired) electrons. The number of carboxylic acid groups (broad SMARTS) is 1. The summed E-state index contributed by atoms with van der Waals surface area (Å²) < 4.78 is 65.8. The predicted molar refractivity (Wildman–Crippen MR) is 80.9 cm³/mol. The van der Waals surface area contributed by atoms with Crippen molar-refractivity contribution in [3.63, 3.8) is 0 Å². The van der Waals surface area contributed by atoms with Crippen LogP contribution in [0.1, 0.15) is 22.2 Å². The van der Waals surface area contributed by atoms with Crippen LogP contribution in [0, 0.1) is 5.82 Å². The molecule has 1 aromatic heterocycles. The lowest BCUT2D eigenvalue weighted by Gasteiger charge is -2.17. The summed E-state index contributed by atoms with van der Waals surface area (Å²) in [6.45, 7) is 0. The van der Waals surface area contributed by atoms with Crippen molar-refractivity contribution >= 4 is 34.9 Å². The molecule has 1 unspecified atom stereocenters. The minimum atomic E-state index is -5.39. The number of anilines is 1. The Balaban J connectivity index is 2.72. The molecule has 0 aliphatic carbocycles. The van der Waals surface area contributed by atoms with Gasteiger partial charge in [-0.2, -0.15) is 13.2 Å². The van der Waals surface area contributed by atoms with Crippen LogP contribution in [-0.2, 0) is 0 Å². The van der Waals surface area contributed by atoms with Crippen LogP contribution >= 0.6 is 23.2 Å². The molecule has 3 N–H and O–H groups in total. The van der Waals surface area contributed by atoms with Gasteiger partial charge >= 0.3 is 12.1 Å². The van der Waals surface area contributed by atoms with E-state index >= 15 is 0 Å². The molecule has 2 rings (SSSR count). The van der Waals surface area contributed by atoms with Crippen LogP contribution in [0.25, 0.3) is 11.3 Å². The van der Waals surface area contributed by atoms with Crippen molar-refractivity contribution in [2.24, 2.45) is 0 Å². The summed E-state index contributed by atoms with van der Waals surface area (Å²) in [6.07, 6.45) is -9.06. The third kappa shape index (κ3) is 3.62. The van der Waals surface area contributed by atoms with Crippen molar-refractivity contribution in [3.05, 3.63) is 45.3 Å². The molecule has 134 valence electrons. The fourth-order valence-electron chi connectivity index (χ4n) is 1.99. The van der Waals surface area contributed by atoms with Gasteiger partial charge in [-0.3, -0.25) is 0 Å². The van der Waals surface area contributed by atoms with Crippen molar-refractivity contribution in [2.45, 2.75) is 12.3 Å². The number of benzene rings is 1. The third-order valence-corrected chi connectivity index (χ3v) is 3.86. The minimum absolute atomic E-state index is 0.299. The lowest BCUT2D eigenvalue weighted by atomic mass is 10.0. The van der Waals surface area contributed by atoms with E-state index in [1.807, 2.05) is 0 Å². The topological polar surface area (TPSA) is 76.2 Å². The Morgan fingerprint density at radius 1 is 1.28 bits per heavy atom. The Labute approximate surface area is 147 Å². The second kappa shape index (κ2) is 6.64. The number of nitrogens with zero attached hydrogens (tertiary/aromatic N) is 1. The summed E-state index contributed by atoms with van der Waals surface area (Å²) in [5, 5.41) is 7.79. The van der Waals surface area contributed by atoms with Crippen LogP contribution in [-0.4, -0.2) is 22.2 Å². The number of pyridine rings is 1. The molecule has 2 aromatic rings. The van der Waals surface area contributed by atoms with E-state index < -0.39 is 56.7 Å². The Kier molecular flexibility index (Phi) is 5.10. The van der Waals surface area contributed by atoms with Crippen LogP contribution in [0.3, 0.4) is 0 Å². The maximum Gasteiger partial charge on any atom is 0.424 e. The van der Waals surface area contributed by atoms with Gasteiger partial charge in [-0.1, -0.05) is 23.2 Å². The molecule has 4 nitrogen and oxygen atoms in total. The van der Waals surface area contributed by atoms with E-state index in [4.69, 9.17) is 34.0 Å². The zero-order chi connectivity index (χ0) is 19.1. The minimum Gasteiger partial charge on any atom is -0.476 e. The maximum atomic E-state index is 14.5. The summed E-state index contributed by atoms with van der Waals surface area (Å²) in [6, 6.07) is 2.71. The summed E-state index contributed by atoms with van der Waals surface area (Å²) >= 11 is 11.2. The average molecular weight is 401 g/mol. The van der Waals surface area contributed by atoms with Gasteiger partial charge in [-0.15, -0.1) is 0 Å². The van der Waals surface area contributed by atoms with Gasteiger partial charge in [0.2, 0.25) is 6.17 Å². The maximum absolute atomic E-state index is 14.5. The van der Waals surface area contributed by atoms with Crippen LogP contribution in [0.4, 0.5) is 27.6 Å². The zero-order valence-electron chi connectivity index (χ0n) is 11.8. The van der Waals surface area contributed by atoms with Crippen molar-refractivity contribution < 1.29 is 31.9 Å². The van der Waals surface area contributed by atoms with Gasteiger partial charge in [0.25, 0.3) is 0 Å². The number of carboxylic acids is 1. The van der Waals surface area contributed by atoms with Gasteiger partial charge in [-0.05, 0) is 18.2 Å². The Hall–Kier alpha value is -2.13. The standard InChI is InChI=1S/C14H7Cl2F5N2O2/c15-5-2-1-4(10(17)8(5)12(18)14(19,20)21)7-3-6(22)9(16)11(23-7)13(24)25/h1-3,12H,(H2,22,23)(H,24,25). The summed E-state index contributed by atoms with van der Waals surface area (Å²) in [5.74, 6) is -3.23. The number of rotatable bonds is 3. The first kappa shape index (κ1) is 19.2. The van der Waals surface area contributed by atoms with E-state index in [0.717, 1.165) is 18.2 Å². The zero-order valence-corrected chi connectivity index (χ0v) is 13.3. The van der Waals surface area contributed by atoms with Crippen LogP contribution in [0.15, 0.2) is 18.2 Å². The molecule has 0 fully saturated rings. The molecular formula is C14H7Cl2F5N2O2. The summed E-state index contributed by atoms with van der Waals surface area (Å²) in [5.41, 5.74) is 1.99. The number of halogens is 7. The van der Waals surface area contributed by atoms with Gasteiger partial charge in [0, 0.05) is 5.56 Å². The molecule has 0 spiro atoms. The lowest BCUT2D eigenvalue weighted by molar-refractivity contribution is -0.183. The van der Waals surface area contributed by atoms with E-state index in [9.17, 15) is 26.7 Å². The quantitative estimate of drug-likeness (QED) is 0.706. The van der Waals surface area contributed by atoms with Crippen molar-refractivity contribution in [2.75, 3.05) is 5.73 Å². The number of nitrogen functional groups attached to an aromatic ring is 1. The summed E-state index contributed by atoms with van der Waals surface area (Å²) in [7, 11) is 0. The Bertz CT molecular complexity index is 858. The van der Waals surface area contributed by atoms with E-state index in [1.165, 1.54) is 0 Å². The normalized spacial score (nSPS) is 12.9. The Morgan fingerprint density at radius 3 is 2.40 bits per heavy atom. The molecule has 11 heteroatoms. The van der Waals surface area contributed by atoms with Crippen LogP contribution in [0.2, 0.25) is 10.0 Å². The first-order valence-electron chi connectivity index (χ1n) is 6.33. The highest BCUT2D eigenvalue weighted by atomic mass is 35.5.